The van der Waals surface area contributed by atoms with E-state index in [1.54, 1.807) is 18.2 Å². The zero-order chi connectivity index (χ0) is 16.5. The largest absolute Gasteiger partial charge is 0.454 e. The van der Waals surface area contributed by atoms with E-state index in [0.717, 1.165) is 15.7 Å². The number of anilines is 1. The normalized spacial score (nSPS) is 18.0. The Morgan fingerprint density at radius 1 is 1.17 bits per heavy atom. The lowest BCUT2D eigenvalue weighted by atomic mass is 10.0. The fourth-order valence-corrected chi connectivity index (χ4v) is 2.95. The molecule has 7 heteroatoms. The number of rotatable bonds is 3. The van der Waals surface area contributed by atoms with Crippen molar-refractivity contribution in [1.29, 1.82) is 0 Å². The summed E-state index contributed by atoms with van der Waals surface area (Å²) in [5, 5.41) is 6.85. The van der Waals surface area contributed by atoms with E-state index in [0.29, 0.717) is 23.6 Å². The van der Waals surface area contributed by atoms with Gasteiger partial charge in [0.15, 0.2) is 11.5 Å². The highest BCUT2D eigenvalue weighted by Crippen LogP contribution is 2.34. The van der Waals surface area contributed by atoms with Crippen LogP contribution in [0.2, 0.25) is 0 Å². The predicted octanol–water partition coefficient (Wildman–Crippen LogP) is 3.31. The zero-order valence-corrected chi connectivity index (χ0v) is 14.1. The van der Waals surface area contributed by atoms with E-state index in [4.69, 9.17) is 14.3 Å². The molecule has 1 unspecified atom stereocenters. The zero-order valence-electron chi connectivity index (χ0n) is 12.5. The predicted molar refractivity (Wildman–Crippen MR) is 91.4 cm³/mol. The minimum atomic E-state index is -0.649. The van der Waals surface area contributed by atoms with Crippen molar-refractivity contribution in [3.8, 4) is 11.5 Å². The summed E-state index contributed by atoms with van der Waals surface area (Å²) in [5.74, 6) is 1.04. The lowest BCUT2D eigenvalue weighted by Gasteiger charge is -2.10. The lowest BCUT2D eigenvalue weighted by Crippen LogP contribution is -2.28. The van der Waals surface area contributed by atoms with Crippen molar-refractivity contribution in [1.82, 2.24) is 0 Å². The number of halogens is 1. The van der Waals surface area contributed by atoms with Gasteiger partial charge in [0.1, 0.15) is 0 Å². The van der Waals surface area contributed by atoms with Gasteiger partial charge in [-0.15, -0.1) is 0 Å². The number of oxime groups is 1. The molecule has 0 spiro atoms. The standard InChI is InChI=1S/C17H13BrN2O4/c18-11-3-1-2-10(6-11)13-8-16(24-20-13)17(21)19-12-4-5-14-15(7-12)23-9-22-14/h1-7,16H,8-9H2,(H,19,21). The molecule has 2 heterocycles. The number of carbonyl (C=O) groups is 1. The number of nitrogens with zero attached hydrogens (tertiary/aromatic N) is 1. The number of hydrogen-bond acceptors (Lipinski definition) is 5. The van der Waals surface area contributed by atoms with Crippen molar-refractivity contribution in [2.75, 3.05) is 12.1 Å². The SMILES string of the molecule is O=C(Nc1ccc2c(c1)OCO2)C1CC(c2cccc(Br)c2)=NO1. The maximum absolute atomic E-state index is 12.4. The molecule has 0 aromatic heterocycles. The van der Waals surface area contributed by atoms with Gasteiger partial charge in [-0.3, -0.25) is 4.79 Å². The van der Waals surface area contributed by atoms with Crippen LogP contribution in [0.5, 0.6) is 11.5 Å². The molecule has 2 aromatic rings. The van der Waals surface area contributed by atoms with Crippen LogP contribution in [0.4, 0.5) is 5.69 Å². The van der Waals surface area contributed by atoms with Gasteiger partial charge in [0.2, 0.25) is 12.9 Å². The molecule has 0 bridgehead atoms. The summed E-state index contributed by atoms with van der Waals surface area (Å²) >= 11 is 3.42. The first-order valence-corrected chi connectivity index (χ1v) is 8.17. The maximum atomic E-state index is 12.4. The van der Waals surface area contributed by atoms with Gasteiger partial charge < -0.3 is 19.6 Å². The van der Waals surface area contributed by atoms with E-state index in [2.05, 4.69) is 26.4 Å². The summed E-state index contributed by atoms with van der Waals surface area (Å²) in [6.07, 6.45) is -0.225. The second kappa shape index (κ2) is 6.16. The molecule has 6 nitrogen and oxygen atoms in total. The Bertz CT molecular complexity index is 837. The number of benzene rings is 2. The molecular weight excluding hydrogens is 376 g/mol. The van der Waals surface area contributed by atoms with E-state index in [9.17, 15) is 4.79 Å². The summed E-state index contributed by atoms with van der Waals surface area (Å²) in [7, 11) is 0. The Hall–Kier alpha value is -2.54. The topological polar surface area (TPSA) is 69.2 Å². The van der Waals surface area contributed by atoms with E-state index >= 15 is 0 Å². The molecule has 24 heavy (non-hydrogen) atoms. The molecule has 0 aliphatic carbocycles. The monoisotopic (exact) mass is 388 g/mol. The first-order valence-electron chi connectivity index (χ1n) is 7.38. The highest BCUT2D eigenvalue weighted by Gasteiger charge is 2.29. The second-order valence-electron chi connectivity index (χ2n) is 5.40. The lowest BCUT2D eigenvalue weighted by molar-refractivity contribution is -0.125. The minimum Gasteiger partial charge on any atom is -0.454 e. The summed E-state index contributed by atoms with van der Waals surface area (Å²) in [6.45, 7) is 0.197. The van der Waals surface area contributed by atoms with Crippen molar-refractivity contribution in [3.63, 3.8) is 0 Å². The molecular formula is C17H13BrN2O4. The average molecular weight is 389 g/mol. The average Bonchev–Trinajstić information content (AvgIpc) is 3.24. The Labute approximate surface area is 146 Å². The van der Waals surface area contributed by atoms with Crippen LogP contribution in [0.25, 0.3) is 0 Å². The molecule has 0 radical (unpaired) electrons. The molecule has 0 saturated carbocycles. The third-order valence-corrected chi connectivity index (χ3v) is 4.25. The fourth-order valence-electron chi connectivity index (χ4n) is 2.55. The number of fused-ring (bicyclic) bond motifs is 1. The molecule has 2 aliphatic heterocycles. The fraction of sp³-hybridized carbons (Fsp3) is 0.176. The van der Waals surface area contributed by atoms with E-state index in [1.165, 1.54) is 0 Å². The Morgan fingerprint density at radius 2 is 2.04 bits per heavy atom. The number of hydrogen-bond donors (Lipinski definition) is 1. The van der Waals surface area contributed by atoms with Crippen molar-refractivity contribution < 1.29 is 19.1 Å². The third kappa shape index (κ3) is 2.94. The molecule has 2 aliphatic rings. The van der Waals surface area contributed by atoms with E-state index in [1.807, 2.05) is 24.3 Å². The summed E-state index contributed by atoms with van der Waals surface area (Å²) in [6, 6.07) is 13.0. The second-order valence-corrected chi connectivity index (χ2v) is 6.32. The minimum absolute atomic E-state index is 0.197. The van der Waals surface area contributed by atoms with Crippen LogP contribution in [0.15, 0.2) is 52.1 Å². The van der Waals surface area contributed by atoms with Gasteiger partial charge in [0.25, 0.3) is 5.91 Å². The first kappa shape index (κ1) is 15.0. The van der Waals surface area contributed by atoms with Gasteiger partial charge in [0.05, 0.1) is 5.71 Å². The Morgan fingerprint density at radius 3 is 2.92 bits per heavy atom. The molecule has 0 fully saturated rings. The van der Waals surface area contributed by atoms with Gasteiger partial charge in [-0.05, 0) is 24.3 Å². The summed E-state index contributed by atoms with van der Waals surface area (Å²) < 4.78 is 11.5. The number of ether oxygens (including phenoxy) is 2. The van der Waals surface area contributed by atoms with Crippen molar-refractivity contribution in [2.45, 2.75) is 12.5 Å². The van der Waals surface area contributed by atoms with Gasteiger partial charge in [0, 0.05) is 28.2 Å². The van der Waals surface area contributed by atoms with E-state index in [-0.39, 0.29) is 12.7 Å². The molecule has 122 valence electrons. The van der Waals surface area contributed by atoms with Crippen molar-refractivity contribution in [2.24, 2.45) is 5.16 Å². The number of amides is 1. The van der Waals surface area contributed by atoms with Gasteiger partial charge in [-0.25, -0.2) is 0 Å². The molecule has 0 saturated heterocycles. The van der Waals surface area contributed by atoms with Gasteiger partial charge in [-0.2, -0.15) is 0 Å². The molecule has 4 rings (SSSR count). The maximum Gasteiger partial charge on any atom is 0.268 e. The van der Waals surface area contributed by atoms with Crippen LogP contribution in [-0.4, -0.2) is 24.5 Å². The number of carbonyl (C=O) groups excluding carboxylic acids is 1. The highest BCUT2D eigenvalue weighted by molar-refractivity contribution is 9.10. The smallest absolute Gasteiger partial charge is 0.268 e. The Kier molecular flexibility index (Phi) is 3.86. The van der Waals surface area contributed by atoms with Crippen LogP contribution in [0, 0.1) is 0 Å². The Balaban J connectivity index is 1.42. The van der Waals surface area contributed by atoms with Crippen LogP contribution >= 0.6 is 15.9 Å². The van der Waals surface area contributed by atoms with Crippen LogP contribution in [0.3, 0.4) is 0 Å². The highest BCUT2D eigenvalue weighted by atomic mass is 79.9. The summed E-state index contributed by atoms with van der Waals surface area (Å²) in [5.41, 5.74) is 2.31. The third-order valence-electron chi connectivity index (χ3n) is 3.76. The van der Waals surface area contributed by atoms with E-state index < -0.39 is 6.10 Å². The van der Waals surface area contributed by atoms with Gasteiger partial charge in [-0.1, -0.05) is 33.2 Å². The molecule has 1 atom stereocenters. The van der Waals surface area contributed by atoms with Crippen molar-refractivity contribution >= 4 is 33.2 Å². The molecule has 2 aromatic carbocycles. The van der Waals surface area contributed by atoms with Gasteiger partial charge >= 0.3 is 0 Å². The van der Waals surface area contributed by atoms with Crippen LogP contribution in [0.1, 0.15) is 12.0 Å². The first-order chi connectivity index (χ1) is 11.7. The number of nitrogens with one attached hydrogen (secondary N) is 1. The molecule has 1 N–H and O–H groups in total. The van der Waals surface area contributed by atoms with Crippen LogP contribution < -0.4 is 14.8 Å². The van der Waals surface area contributed by atoms with Crippen molar-refractivity contribution in [3.05, 3.63) is 52.5 Å². The summed E-state index contributed by atoms with van der Waals surface area (Å²) in [4.78, 5) is 17.7. The quantitative estimate of drug-likeness (QED) is 0.875. The molecule has 1 amide bonds. The van der Waals surface area contributed by atoms with Crippen LogP contribution in [-0.2, 0) is 9.63 Å².